The highest BCUT2D eigenvalue weighted by molar-refractivity contribution is 7.11. The zero-order valence-corrected chi connectivity index (χ0v) is 10.3. The molecule has 0 aliphatic heterocycles. The third-order valence-electron chi connectivity index (χ3n) is 2.22. The lowest BCUT2D eigenvalue weighted by molar-refractivity contribution is 0.102. The van der Waals surface area contributed by atoms with E-state index in [1.165, 1.54) is 17.4 Å². The second-order valence-electron chi connectivity index (χ2n) is 3.64. The molecule has 0 saturated heterocycles. The maximum absolute atomic E-state index is 11.9. The minimum absolute atomic E-state index is 0.119. The van der Waals surface area contributed by atoms with Gasteiger partial charge in [-0.1, -0.05) is 6.07 Å². The van der Waals surface area contributed by atoms with E-state index in [4.69, 9.17) is 0 Å². The van der Waals surface area contributed by atoms with E-state index < -0.39 is 0 Å². The monoisotopic (exact) mass is 248 g/mol. The Kier molecular flexibility index (Phi) is 3.10. The molecule has 1 amide bonds. The Balaban J connectivity index is 2.20. The van der Waals surface area contributed by atoms with Crippen molar-refractivity contribution >= 4 is 22.9 Å². The average Bonchev–Trinajstić information content (AvgIpc) is 2.58. The van der Waals surface area contributed by atoms with E-state index in [0.717, 1.165) is 9.88 Å². The maximum atomic E-state index is 11.9. The zero-order valence-electron chi connectivity index (χ0n) is 9.52. The Morgan fingerprint density at radius 1 is 1.41 bits per heavy atom. The molecule has 0 saturated carbocycles. The van der Waals surface area contributed by atoms with Crippen LogP contribution >= 0.6 is 11.3 Å². The molecule has 0 atom stereocenters. The van der Waals surface area contributed by atoms with Crippen molar-refractivity contribution in [2.75, 3.05) is 5.32 Å². The van der Waals surface area contributed by atoms with Crippen molar-refractivity contribution in [1.82, 2.24) is 4.98 Å². The van der Waals surface area contributed by atoms with Gasteiger partial charge in [-0.05, 0) is 26.0 Å². The molecule has 0 radical (unpaired) electrons. The second-order valence-corrected chi connectivity index (χ2v) is 5.05. The SMILES string of the molecule is Cc1nc(C(=O)Nc2cccc(O)c2)c(C)s1. The molecule has 1 heterocycles. The smallest absolute Gasteiger partial charge is 0.275 e. The van der Waals surface area contributed by atoms with Crippen molar-refractivity contribution in [3.05, 3.63) is 39.8 Å². The Labute approximate surface area is 103 Å². The average molecular weight is 248 g/mol. The zero-order chi connectivity index (χ0) is 12.4. The summed E-state index contributed by atoms with van der Waals surface area (Å²) in [6.07, 6.45) is 0. The first kappa shape index (κ1) is 11.6. The normalized spacial score (nSPS) is 10.2. The molecule has 17 heavy (non-hydrogen) atoms. The van der Waals surface area contributed by atoms with Crippen LogP contribution in [0.5, 0.6) is 5.75 Å². The van der Waals surface area contributed by atoms with Gasteiger partial charge in [0.15, 0.2) is 0 Å². The van der Waals surface area contributed by atoms with Gasteiger partial charge in [-0.2, -0.15) is 0 Å². The summed E-state index contributed by atoms with van der Waals surface area (Å²) in [4.78, 5) is 17.0. The van der Waals surface area contributed by atoms with Crippen LogP contribution in [-0.2, 0) is 0 Å². The van der Waals surface area contributed by atoms with Crippen LogP contribution < -0.4 is 5.32 Å². The predicted molar refractivity (Wildman–Crippen MR) is 67.6 cm³/mol. The molecule has 1 aromatic heterocycles. The van der Waals surface area contributed by atoms with Gasteiger partial charge in [-0.15, -0.1) is 11.3 Å². The van der Waals surface area contributed by atoms with Crippen molar-refractivity contribution in [2.24, 2.45) is 0 Å². The van der Waals surface area contributed by atoms with Gasteiger partial charge in [0.05, 0.1) is 5.01 Å². The Hall–Kier alpha value is -1.88. The van der Waals surface area contributed by atoms with Gasteiger partial charge in [0.25, 0.3) is 5.91 Å². The number of anilines is 1. The first-order valence-electron chi connectivity index (χ1n) is 5.10. The molecule has 0 spiro atoms. The van der Waals surface area contributed by atoms with Crippen molar-refractivity contribution in [2.45, 2.75) is 13.8 Å². The number of amides is 1. The lowest BCUT2D eigenvalue weighted by atomic mass is 10.3. The summed E-state index contributed by atoms with van der Waals surface area (Å²) >= 11 is 1.49. The van der Waals surface area contributed by atoms with E-state index in [1.54, 1.807) is 18.2 Å². The molecule has 2 rings (SSSR count). The van der Waals surface area contributed by atoms with E-state index in [9.17, 15) is 9.90 Å². The number of nitrogens with zero attached hydrogens (tertiary/aromatic N) is 1. The molecule has 0 bridgehead atoms. The molecule has 88 valence electrons. The summed E-state index contributed by atoms with van der Waals surface area (Å²) in [6.45, 7) is 3.73. The van der Waals surface area contributed by atoms with E-state index in [-0.39, 0.29) is 11.7 Å². The summed E-state index contributed by atoms with van der Waals surface area (Å²) in [5.41, 5.74) is 0.996. The molecule has 5 heteroatoms. The number of thiazole rings is 1. The lowest BCUT2D eigenvalue weighted by Crippen LogP contribution is -2.13. The third-order valence-corrected chi connectivity index (χ3v) is 3.11. The fourth-order valence-corrected chi connectivity index (χ4v) is 2.33. The standard InChI is InChI=1S/C12H12N2O2S/c1-7-11(13-8(2)17-7)12(16)14-9-4-3-5-10(15)6-9/h3-6,15H,1-2H3,(H,14,16). The summed E-state index contributed by atoms with van der Waals surface area (Å²) in [6, 6.07) is 6.43. The number of aryl methyl sites for hydroxylation is 2. The van der Waals surface area contributed by atoms with Crippen molar-refractivity contribution < 1.29 is 9.90 Å². The number of benzene rings is 1. The fourth-order valence-electron chi connectivity index (χ4n) is 1.51. The van der Waals surface area contributed by atoms with Gasteiger partial charge in [-0.3, -0.25) is 4.79 Å². The molecular weight excluding hydrogens is 236 g/mol. The van der Waals surface area contributed by atoms with Gasteiger partial charge in [0, 0.05) is 16.6 Å². The van der Waals surface area contributed by atoms with Crippen molar-refractivity contribution in [3.63, 3.8) is 0 Å². The number of rotatable bonds is 2. The highest BCUT2D eigenvalue weighted by atomic mass is 32.1. The first-order valence-corrected chi connectivity index (χ1v) is 5.92. The molecular formula is C12H12N2O2S. The second kappa shape index (κ2) is 4.55. The Morgan fingerprint density at radius 2 is 2.18 bits per heavy atom. The Morgan fingerprint density at radius 3 is 2.76 bits per heavy atom. The van der Waals surface area contributed by atoms with E-state index in [1.807, 2.05) is 13.8 Å². The quantitative estimate of drug-likeness (QED) is 0.859. The largest absolute Gasteiger partial charge is 0.508 e. The maximum Gasteiger partial charge on any atom is 0.275 e. The predicted octanol–water partition coefficient (Wildman–Crippen LogP) is 2.72. The van der Waals surface area contributed by atoms with Crippen LogP contribution in [-0.4, -0.2) is 16.0 Å². The third kappa shape index (κ3) is 2.62. The topological polar surface area (TPSA) is 62.2 Å². The van der Waals surface area contributed by atoms with Gasteiger partial charge >= 0.3 is 0 Å². The fraction of sp³-hybridized carbons (Fsp3) is 0.167. The van der Waals surface area contributed by atoms with Crippen LogP contribution in [0.25, 0.3) is 0 Å². The molecule has 1 aromatic carbocycles. The van der Waals surface area contributed by atoms with E-state index in [0.29, 0.717) is 11.4 Å². The molecule has 0 aliphatic rings. The lowest BCUT2D eigenvalue weighted by Gasteiger charge is -2.04. The number of aromatic hydroxyl groups is 1. The van der Waals surface area contributed by atoms with Gasteiger partial charge < -0.3 is 10.4 Å². The number of hydrogen-bond acceptors (Lipinski definition) is 4. The number of carbonyl (C=O) groups is 1. The minimum Gasteiger partial charge on any atom is -0.508 e. The number of carbonyl (C=O) groups excluding carboxylic acids is 1. The number of phenols is 1. The number of aromatic nitrogens is 1. The first-order chi connectivity index (χ1) is 8.06. The van der Waals surface area contributed by atoms with E-state index in [2.05, 4.69) is 10.3 Å². The summed E-state index contributed by atoms with van der Waals surface area (Å²) in [5.74, 6) is -0.133. The van der Waals surface area contributed by atoms with Crippen LogP contribution in [0.4, 0.5) is 5.69 Å². The molecule has 0 fully saturated rings. The number of nitrogens with one attached hydrogen (secondary N) is 1. The van der Waals surface area contributed by atoms with Crippen molar-refractivity contribution in [3.8, 4) is 5.75 Å². The summed E-state index contributed by atoms with van der Waals surface area (Å²) < 4.78 is 0. The summed E-state index contributed by atoms with van der Waals surface area (Å²) in [5, 5.41) is 12.9. The highest BCUT2D eigenvalue weighted by Gasteiger charge is 2.13. The van der Waals surface area contributed by atoms with Crippen LogP contribution in [0.2, 0.25) is 0 Å². The molecule has 0 unspecified atom stereocenters. The van der Waals surface area contributed by atoms with Crippen molar-refractivity contribution in [1.29, 1.82) is 0 Å². The van der Waals surface area contributed by atoms with Gasteiger partial charge in [0.2, 0.25) is 0 Å². The van der Waals surface area contributed by atoms with Crippen LogP contribution in [0, 0.1) is 13.8 Å². The van der Waals surface area contributed by atoms with Gasteiger partial charge in [0.1, 0.15) is 11.4 Å². The highest BCUT2D eigenvalue weighted by Crippen LogP contribution is 2.19. The summed E-state index contributed by atoms with van der Waals surface area (Å²) in [7, 11) is 0. The Bertz CT molecular complexity index is 563. The molecule has 0 aliphatic carbocycles. The van der Waals surface area contributed by atoms with Crippen LogP contribution in [0.1, 0.15) is 20.4 Å². The number of phenolic OH excluding ortho intramolecular Hbond substituents is 1. The molecule has 2 aromatic rings. The number of hydrogen-bond donors (Lipinski definition) is 2. The molecule has 2 N–H and O–H groups in total. The minimum atomic E-state index is -0.252. The van der Waals surface area contributed by atoms with Crippen LogP contribution in [0.15, 0.2) is 24.3 Å². The molecule has 4 nitrogen and oxygen atoms in total. The van der Waals surface area contributed by atoms with Crippen LogP contribution in [0.3, 0.4) is 0 Å². The van der Waals surface area contributed by atoms with Gasteiger partial charge in [-0.25, -0.2) is 4.98 Å². The van der Waals surface area contributed by atoms with E-state index >= 15 is 0 Å².